The lowest BCUT2D eigenvalue weighted by Crippen LogP contribution is -2.14. The van der Waals surface area contributed by atoms with Gasteiger partial charge in [0.05, 0.1) is 18.4 Å². The first kappa shape index (κ1) is 18.3. The van der Waals surface area contributed by atoms with Crippen molar-refractivity contribution in [3.05, 3.63) is 53.6 Å². The zero-order valence-electron chi connectivity index (χ0n) is 13.4. The van der Waals surface area contributed by atoms with Crippen molar-refractivity contribution in [3.63, 3.8) is 0 Å². The monoisotopic (exact) mass is 352 g/mol. The molecule has 5 nitrogen and oxygen atoms in total. The Hall–Kier alpha value is -3.03. The van der Waals surface area contributed by atoms with Gasteiger partial charge < -0.3 is 15.4 Å². The van der Waals surface area contributed by atoms with Crippen LogP contribution in [0.1, 0.15) is 22.8 Å². The molecule has 0 bridgehead atoms. The maximum Gasteiger partial charge on any atom is 0.416 e. The van der Waals surface area contributed by atoms with Crippen LogP contribution in [0.2, 0.25) is 0 Å². The van der Waals surface area contributed by atoms with Crippen molar-refractivity contribution < 1.29 is 27.5 Å². The number of rotatable bonds is 4. The molecule has 2 aromatic rings. The van der Waals surface area contributed by atoms with E-state index >= 15 is 0 Å². The average Bonchev–Trinajstić information content (AvgIpc) is 2.54. The fourth-order valence-electron chi connectivity index (χ4n) is 2.09. The molecule has 2 rings (SSSR count). The summed E-state index contributed by atoms with van der Waals surface area (Å²) in [5, 5.41) is 5.12. The highest BCUT2D eigenvalue weighted by atomic mass is 19.4. The molecule has 132 valence electrons. The second kappa shape index (κ2) is 7.25. The van der Waals surface area contributed by atoms with E-state index in [1.165, 1.54) is 20.1 Å². The summed E-state index contributed by atoms with van der Waals surface area (Å²) in [7, 11) is 1.40. The molecule has 0 atom stereocenters. The predicted molar refractivity (Wildman–Crippen MR) is 86.7 cm³/mol. The summed E-state index contributed by atoms with van der Waals surface area (Å²) in [5.41, 5.74) is -0.0658. The van der Waals surface area contributed by atoms with Crippen molar-refractivity contribution in [1.82, 2.24) is 0 Å². The van der Waals surface area contributed by atoms with Crippen molar-refractivity contribution in [2.75, 3.05) is 17.7 Å². The SMILES string of the molecule is COc1ccc(NC(C)=O)cc1NC(=O)c1ccc(C(F)(F)F)cc1. The number of nitrogens with one attached hydrogen (secondary N) is 2. The Morgan fingerprint density at radius 1 is 1.00 bits per heavy atom. The van der Waals surface area contributed by atoms with Gasteiger partial charge in [0.1, 0.15) is 5.75 Å². The molecule has 0 aliphatic heterocycles. The van der Waals surface area contributed by atoms with Crippen molar-refractivity contribution in [2.24, 2.45) is 0 Å². The highest BCUT2D eigenvalue weighted by Crippen LogP contribution is 2.30. The summed E-state index contributed by atoms with van der Waals surface area (Å²) in [5.74, 6) is -0.549. The molecule has 0 fully saturated rings. The molecule has 0 saturated carbocycles. The van der Waals surface area contributed by atoms with E-state index in [1.54, 1.807) is 12.1 Å². The first-order valence-electron chi connectivity index (χ1n) is 7.15. The molecule has 0 heterocycles. The van der Waals surface area contributed by atoms with Gasteiger partial charge in [0.2, 0.25) is 5.91 Å². The van der Waals surface area contributed by atoms with Gasteiger partial charge >= 0.3 is 6.18 Å². The fourth-order valence-corrected chi connectivity index (χ4v) is 2.09. The number of carbonyl (C=O) groups is 2. The molecular weight excluding hydrogens is 337 g/mol. The smallest absolute Gasteiger partial charge is 0.416 e. The Morgan fingerprint density at radius 2 is 1.64 bits per heavy atom. The van der Waals surface area contributed by atoms with Crippen LogP contribution in [0.4, 0.5) is 24.5 Å². The number of halogens is 3. The topological polar surface area (TPSA) is 67.4 Å². The maximum absolute atomic E-state index is 12.6. The van der Waals surface area contributed by atoms with Crippen LogP contribution in [0, 0.1) is 0 Å². The van der Waals surface area contributed by atoms with E-state index in [1.807, 2.05) is 0 Å². The number of benzene rings is 2. The standard InChI is InChI=1S/C17H15F3N2O3/c1-10(23)21-13-7-8-15(25-2)14(9-13)22-16(24)11-3-5-12(6-4-11)17(18,19)20/h3-9H,1-2H3,(H,21,23)(H,22,24). The van der Waals surface area contributed by atoms with Crippen LogP contribution in [0.25, 0.3) is 0 Å². The lowest BCUT2D eigenvalue weighted by atomic mass is 10.1. The number of hydrogen-bond donors (Lipinski definition) is 2. The summed E-state index contributed by atoms with van der Waals surface area (Å²) in [6, 6.07) is 8.47. The quantitative estimate of drug-likeness (QED) is 0.876. The van der Waals surface area contributed by atoms with E-state index < -0.39 is 17.6 Å². The van der Waals surface area contributed by atoms with E-state index in [0.717, 1.165) is 24.3 Å². The zero-order chi connectivity index (χ0) is 18.6. The minimum absolute atomic E-state index is 0.0555. The maximum atomic E-state index is 12.6. The van der Waals surface area contributed by atoms with Crippen molar-refractivity contribution in [3.8, 4) is 5.75 Å². The first-order chi connectivity index (χ1) is 11.7. The van der Waals surface area contributed by atoms with Gasteiger partial charge in [0, 0.05) is 18.2 Å². The number of hydrogen-bond acceptors (Lipinski definition) is 3. The van der Waals surface area contributed by atoms with E-state index in [4.69, 9.17) is 4.74 Å². The Kier molecular flexibility index (Phi) is 5.31. The molecule has 0 aliphatic carbocycles. The van der Waals surface area contributed by atoms with Crippen LogP contribution in [0.3, 0.4) is 0 Å². The third-order valence-corrected chi connectivity index (χ3v) is 3.24. The van der Waals surface area contributed by atoms with E-state index in [-0.39, 0.29) is 17.2 Å². The molecule has 2 amide bonds. The Balaban J connectivity index is 2.23. The minimum Gasteiger partial charge on any atom is -0.495 e. The highest BCUT2D eigenvalue weighted by molar-refractivity contribution is 6.05. The Morgan fingerprint density at radius 3 is 2.16 bits per heavy atom. The molecule has 0 saturated heterocycles. The van der Waals surface area contributed by atoms with E-state index in [9.17, 15) is 22.8 Å². The van der Waals surface area contributed by atoms with Gasteiger partial charge in [-0.25, -0.2) is 0 Å². The molecule has 0 aromatic heterocycles. The summed E-state index contributed by atoms with van der Waals surface area (Å²) in [6.45, 7) is 1.34. The third kappa shape index (κ3) is 4.72. The van der Waals surface area contributed by atoms with Gasteiger partial charge in [-0.05, 0) is 42.5 Å². The number of ether oxygens (including phenoxy) is 1. The van der Waals surface area contributed by atoms with Gasteiger partial charge in [-0.2, -0.15) is 13.2 Å². The number of anilines is 2. The predicted octanol–water partition coefficient (Wildman–Crippen LogP) is 3.92. The van der Waals surface area contributed by atoms with Crippen LogP contribution >= 0.6 is 0 Å². The van der Waals surface area contributed by atoms with E-state index in [2.05, 4.69) is 10.6 Å². The van der Waals surface area contributed by atoms with Gasteiger partial charge in [-0.1, -0.05) is 0 Å². The number of methoxy groups -OCH3 is 1. The summed E-state index contributed by atoms with van der Waals surface area (Å²) in [6.07, 6.45) is -4.47. The number of carbonyl (C=O) groups excluding carboxylic acids is 2. The van der Waals surface area contributed by atoms with Gasteiger partial charge in [-0.15, -0.1) is 0 Å². The Bertz CT molecular complexity index is 787. The number of amides is 2. The molecule has 0 radical (unpaired) electrons. The van der Waals surface area contributed by atoms with Crippen molar-refractivity contribution >= 4 is 23.2 Å². The molecule has 0 aliphatic rings. The molecule has 0 spiro atoms. The van der Waals surface area contributed by atoms with Gasteiger partial charge in [0.25, 0.3) is 5.91 Å². The highest BCUT2D eigenvalue weighted by Gasteiger charge is 2.30. The van der Waals surface area contributed by atoms with Gasteiger partial charge in [-0.3, -0.25) is 9.59 Å². The minimum atomic E-state index is -4.47. The number of alkyl halides is 3. The summed E-state index contributed by atoms with van der Waals surface area (Å²) < 4.78 is 42.8. The van der Waals surface area contributed by atoms with Crippen LogP contribution in [0.5, 0.6) is 5.75 Å². The van der Waals surface area contributed by atoms with Crippen LogP contribution in [-0.2, 0) is 11.0 Å². The second-order valence-electron chi connectivity index (χ2n) is 5.13. The van der Waals surface area contributed by atoms with Crippen molar-refractivity contribution in [1.29, 1.82) is 0 Å². The Labute approximate surface area is 141 Å². The van der Waals surface area contributed by atoms with Crippen LogP contribution < -0.4 is 15.4 Å². The fraction of sp³-hybridized carbons (Fsp3) is 0.176. The lowest BCUT2D eigenvalue weighted by Gasteiger charge is -2.13. The average molecular weight is 352 g/mol. The molecule has 2 N–H and O–H groups in total. The molecule has 8 heteroatoms. The summed E-state index contributed by atoms with van der Waals surface area (Å²) >= 11 is 0. The van der Waals surface area contributed by atoms with Crippen LogP contribution in [-0.4, -0.2) is 18.9 Å². The molecule has 25 heavy (non-hydrogen) atoms. The molecule has 0 unspecified atom stereocenters. The van der Waals surface area contributed by atoms with E-state index in [0.29, 0.717) is 11.4 Å². The largest absolute Gasteiger partial charge is 0.495 e. The van der Waals surface area contributed by atoms with Crippen molar-refractivity contribution in [2.45, 2.75) is 13.1 Å². The van der Waals surface area contributed by atoms with Gasteiger partial charge in [0.15, 0.2) is 0 Å². The molecular formula is C17H15F3N2O3. The third-order valence-electron chi connectivity index (χ3n) is 3.24. The summed E-state index contributed by atoms with van der Waals surface area (Å²) in [4.78, 5) is 23.4. The second-order valence-corrected chi connectivity index (χ2v) is 5.13. The lowest BCUT2D eigenvalue weighted by molar-refractivity contribution is -0.137. The molecule has 2 aromatic carbocycles. The zero-order valence-corrected chi connectivity index (χ0v) is 13.4. The van der Waals surface area contributed by atoms with Crippen LogP contribution in [0.15, 0.2) is 42.5 Å². The first-order valence-corrected chi connectivity index (χ1v) is 7.15. The normalized spacial score (nSPS) is 10.9.